The fourth-order valence-corrected chi connectivity index (χ4v) is 2.75. The van der Waals surface area contributed by atoms with E-state index in [1.807, 2.05) is 6.07 Å². The maximum Gasteiger partial charge on any atom is 0.233 e. The quantitative estimate of drug-likeness (QED) is 0.622. The van der Waals surface area contributed by atoms with Crippen molar-refractivity contribution in [2.75, 3.05) is 17.7 Å². The number of anilines is 3. The van der Waals surface area contributed by atoms with Gasteiger partial charge in [-0.25, -0.2) is 0 Å². The van der Waals surface area contributed by atoms with Crippen LogP contribution in [0.1, 0.15) is 52.3 Å². The third-order valence-electron chi connectivity index (χ3n) is 4.36. The van der Waals surface area contributed by atoms with Crippen molar-refractivity contribution < 1.29 is 4.74 Å². The summed E-state index contributed by atoms with van der Waals surface area (Å²) in [5, 5.41) is 28.2. The summed E-state index contributed by atoms with van der Waals surface area (Å²) in [6.45, 7) is 8.45. The Bertz CT molecular complexity index is 886. The fraction of sp³-hybridized carbons (Fsp3) is 0.500. The summed E-state index contributed by atoms with van der Waals surface area (Å²) in [5.41, 5.74) is 1.41. The molecular weight excluding hydrogens is 344 g/mol. The zero-order chi connectivity index (χ0) is 19.4. The van der Waals surface area contributed by atoms with Gasteiger partial charge in [0.2, 0.25) is 11.5 Å². The van der Waals surface area contributed by atoms with E-state index in [1.165, 1.54) is 0 Å². The van der Waals surface area contributed by atoms with Gasteiger partial charge in [-0.3, -0.25) is 0 Å². The van der Waals surface area contributed by atoms with Crippen molar-refractivity contribution in [3.8, 4) is 5.88 Å². The summed E-state index contributed by atoms with van der Waals surface area (Å²) in [4.78, 5) is 0. The molecule has 0 bridgehead atoms. The number of hydrogen-bond acceptors (Lipinski definition) is 8. The molecule has 0 aromatic carbocycles. The van der Waals surface area contributed by atoms with Gasteiger partial charge in [0.05, 0.1) is 12.8 Å². The molecule has 0 saturated heterocycles. The average Bonchev–Trinajstić information content (AvgIpc) is 3.11. The molecule has 27 heavy (non-hydrogen) atoms. The Labute approximate surface area is 158 Å². The van der Waals surface area contributed by atoms with Gasteiger partial charge in [-0.05, 0) is 18.9 Å². The van der Waals surface area contributed by atoms with Crippen LogP contribution in [0.15, 0.2) is 18.2 Å². The van der Waals surface area contributed by atoms with Crippen LogP contribution in [0, 0.1) is 0 Å². The molecule has 0 saturated carbocycles. The lowest BCUT2D eigenvalue weighted by atomic mass is 10.2. The number of hydrogen-bond donors (Lipinski definition) is 2. The van der Waals surface area contributed by atoms with Gasteiger partial charge in [-0.15, -0.1) is 25.5 Å². The highest BCUT2D eigenvalue weighted by Gasteiger charge is 2.17. The van der Waals surface area contributed by atoms with Crippen LogP contribution in [0.2, 0.25) is 0 Å². The molecule has 0 amide bonds. The molecule has 0 fully saturated rings. The highest BCUT2D eigenvalue weighted by molar-refractivity contribution is 5.74. The standard InChI is InChI=1S/C18H26N8O/c1-6-12(7-2)19-15-10-13(20-14-8-9-16(27-5)22-21-14)18-24-23-17(11(3)4)26(18)25-15/h8-12H,6-7H2,1-5H3,(H,19,25)(H,20,21). The second-order valence-corrected chi connectivity index (χ2v) is 6.64. The summed E-state index contributed by atoms with van der Waals surface area (Å²) < 4.78 is 6.85. The lowest BCUT2D eigenvalue weighted by molar-refractivity contribution is 0.392. The Morgan fingerprint density at radius 2 is 1.81 bits per heavy atom. The van der Waals surface area contributed by atoms with Crippen molar-refractivity contribution in [2.45, 2.75) is 52.5 Å². The topological polar surface area (TPSA) is 102 Å². The maximum absolute atomic E-state index is 5.06. The van der Waals surface area contributed by atoms with E-state index in [2.05, 4.69) is 58.7 Å². The van der Waals surface area contributed by atoms with Gasteiger partial charge in [0.25, 0.3) is 0 Å². The Hall–Kier alpha value is -2.97. The first-order valence-corrected chi connectivity index (χ1v) is 9.23. The summed E-state index contributed by atoms with van der Waals surface area (Å²) in [5.74, 6) is 2.82. The summed E-state index contributed by atoms with van der Waals surface area (Å²) in [7, 11) is 1.56. The Morgan fingerprint density at radius 3 is 2.41 bits per heavy atom. The van der Waals surface area contributed by atoms with E-state index in [-0.39, 0.29) is 5.92 Å². The average molecular weight is 370 g/mol. The molecule has 3 rings (SSSR count). The van der Waals surface area contributed by atoms with Crippen molar-refractivity contribution in [2.24, 2.45) is 0 Å². The smallest absolute Gasteiger partial charge is 0.233 e. The van der Waals surface area contributed by atoms with Gasteiger partial charge in [0.15, 0.2) is 11.6 Å². The first-order chi connectivity index (χ1) is 13.0. The fourth-order valence-electron chi connectivity index (χ4n) is 2.75. The Kier molecular flexibility index (Phi) is 5.68. The van der Waals surface area contributed by atoms with Crippen LogP contribution in [0.5, 0.6) is 5.88 Å². The second-order valence-electron chi connectivity index (χ2n) is 6.64. The molecule has 9 heteroatoms. The monoisotopic (exact) mass is 370 g/mol. The lowest BCUT2D eigenvalue weighted by Crippen LogP contribution is -2.19. The van der Waals surface area contributed by atoms with E-state index < -0.39 is 0 Å². The first-order valence-electron chi connectivity index (χ1n) is 9.23. The van der Waals surface area contributed by atoms with Crippen molar-refractivity contribution >= 4 is 23.0 Å². The molecule has 0 radical (unpaired) electrons. The van der Waals surface area contributed by atoms with Crippen LogP contribution in [0.3, 0.4) is 0 Å². The SMILES string of the molecule is CCC(CC)Nc1cc(Nc2ccc(OC)nn2)c2nnc(C(C)C)n2n1. The largest absolute Gasteiger partial charge is 0.480 e. The minimum Gasteiger partial charge on any atom is -0.480 e. The van der Waals surface area contributed by atoms with Crippen molar-refractivity contribution in [3.63, 3.8) is 0 Å². The molecule has 2 N–H and O–H groups in total. The molecule has 9 nitrogen and oxygen atoms in total. The van der Waals surface area contributed by atoms with Crippen molar-refractivity contribution in [3.05, 3.63) is 24.0 Å². The highest BCUT2D eigenvalue weighted by atomic mass is 16.5. The number of methoxy groups -OCH3 is 1. The molecular formula is C18H26N8O. The van der Waals surface area contributed by atoms with E-state index in [1.54, 1.807) is 23.8 Å². The Balaban J connectivity index is 2.02. The van der Waals surface area contributed by atoms with E-state index in [0.717, 1.165) is 30.2 Å². The molecule has 0 unspecified atom stereocenters. The summed E-state index contributed by atoms with van der Waals surface area (Å²) >= 11 is 0. The number of nitrogens with zero attached hydrogens (tertiary/aromatic N) is 6. The van der Waals surface area contributed by atoms with E-state index >= 15 is 0 Å². The molecule has 3 heterocycles. The van der Waals surface area contributed by atoms with Gasteiger partial charge >= 0.3 is 0 Å². The molecule has 0 spiro atoms. The number of rotatable bonds is 8. The van der Waals surface area contributed by atoms with Crippen LogP contribution in [-0.4, -0.2) is 43.2 Å². The predicted molar refractivity (Wildman–Crippen MR) is 105 cm³/mol. The number of fused-ring (bicyclic) bond motifs is 1. The Morgan fingerprint density at radius 1 is 1.04 bits per heavy atom. The number of aromatic nitrogens is 6. The molecule has 0 aliphatic rings. The van der Waals surface area contributed by atoms with Gasteiger partial charge in [0.1, 0.15) is 5.82 Å². The maximum atomic E-state index is 5.06. The van der Waals surface area contributed by atoms with E-state index in [9.17, 15) is 0 Å². The number of ether oxygens (including phenoxy) is 1. The molecule has 0 aliphatic heterocycles. The molecule has 144 valence electrons. The zero-order valence-corrected chi connectivity index (χ0v) is 16.4. The minimum atomic E-state index is 0.199. The van der Waals surface area contributed by atoms with Crippen LogP contribution >= 0.6 is 0 Å². The van der Waals surface area contributed by atoms with Gasteiger partial charge in [-0.2, -0.15) is 4.52 Å². The van der Waals surface area contributed by atoms with Gasteiger partial charge in [0, 0.05) is 24.1 Å². The lowest BCUT2D eigenvalue weighted by Gasteiger charge is -2.17. The summed E-state index contributed by atoms with van der Waals surface area (Å²) in [6.07, 6.45) is 2.03. The van der Waals surface area contributed by atoms with Crippen LogP contribution < -0.4 is 15.4 Å². The van der Waals surface area contributed by atoms with Crippen molar-refractivity contribution in [1.29, 1.82) is 0 Å². The molecule has 0 atom stereocenters. The van der Waals surface area contributed by atoms with E-state index in [0.29, 0.717) is 23.4 Å². The molecule has 3 aromatic rings. The van der Waals surface area contributed by atoms with Gasteiger partial charge in [-0.1, -0.05) is 27.7 Å². The summed E-state index contributed by atoms with van der Waals surface area (Å²) in [6, 6.07) is 5.83. The third kappa shape index (κ3) is 4.07. The first kappa shape index (κ1) is 18.8. The molecule has 3 aromatic heterocycles. The highest BCUT2D eigenvalue weighted by Crippen LogP contribution is 2.25. The predicted octanol–water partition coefficient (Wildman–Crippen LogP) is 3.39. The van der Waals surface area contributed by atoms with Crippen LogP contribution in [0.25, 0.3) is 5.65 Å². The zero-order valence-electron chi connectivity index (χ0n) is 16.4. The van der Waals surface area contributed by atoms with Crippen molar-refractivity contribution in [1.82, 2.24) is 30.0 Å². The van der Waals surface area contributed by atoms with Crippen LogP contribution in [0.4, 0.5) is 17.3 Å². The normalized spacial score (nSPS) is 11.4. The van der Waals surface area contributed by atoms with Gasteiger partial charge < -0.3 is 15.4 Å². The van der Waals surface area contributed by atoms with E-state index in [4.69, 9.17) is 9.84 Å². The third-order valence-corrected chi connectivity index (χ3v) is 4.36. The number of nitrogens with one attached hydrogen (secondary N) is 2. The molecule has 0 aliphatic carbocycles. The van der Waals surface area contributed by atoms with Crippen LogP contribution in [-0.2, 0) is 0 Å². The second kappa shape index (κ2) is 8.15. The minimum absolute atomic E-state index is 0.199.